The average molecular weight is 2310 g/mol. The van der Waals surface area contributed by atoms with E-state index in [-0.39, 0.29) is 83.2 Å². The van der Waals surface area contributed by atoms with E-state index in [9.17, 15) is 0 Å². The Labute approximate surface area is 723 Å². The van der Waals surface area contributed by atoms with Crippen LogP contribution in [0.25, 0.3) is 46.1 Å². The first-order valence-electron chi connectivity index (χ1n) is 32.3. The van der Waals surface area contributed by atoms with Crippen molar-refractivity contribution in [1.29, 1.82) is 0 Å². The van der Waals surface area contributed by atoms with E-state index in [0.717, 1.165) is 60.3 Å². The molecule has 0 saturated carbocycles. The molecule has 8 aromatic heterocycles. The van der Waals surface area contributed by atoms with Crippen molar-refractivity contribution in [2.45, 2.75) is 94.0 Å². The van der Waals surface area contributed by atoms with Crippen LogP contribution in [0.5, 0.6) is 0 Å². The van der Waals surface area contributed by atoms with Gasteiger partial charge in [-0.2, -0.15) is 13.3 Å². The van der Waals surface area contributed by atoms with E-state index in [1.54, 1.807) is 110 Å². The van der Waals surface area contributed by atoms with Gasteiger partial charge in [-0.25, -0.2) is 24.1 Å². The van der Waals surface area contributed by atoms with Gasteiger partial charge >= 0.3 is 108 Å². The van der Waals surface area contributed by atoms with Gasteiger partial charge < -0.3 is 86.1 Å². The van der Waals surface area contributed by atoms with Crippen molar-refractivity contribution in [3.05, 3.63) is 253 Å². The van der Waals surface area contributed by atoms with E-state index >= 15 is 0 Å². The molecule has 105 heavy (non-hydrogen) atoms. The second-order valence-electron chi connectivity index (χ2n) is 21.5. The number of alkyl halides is 1. The Morgan fingerprint density at radius 1 is 0.543 bits per heavy atom. The number of hydrogen-bond donors (Lipinski definition) is 1. The molecule has 30 heteroatoms. The van der Waals surface area contributed by atoms with Crippen LogP contribution in [0, 0.1) is 13.3 Å². The molecular formula is C75H100Ag3Au2Br3ClN18O2P-2. The quantitative estimate of drug-likeness (QED) is 0.0262. The molecule has 0 aliphatic carbocycles. The van der Waals surface area contributed by atoms with Crippen molar-refractivity contribution < 1.29 is 135 Å². The van der Waals surface area contributed by atoms with Gasteiger partial charge in [0.05, 0.1) is 48.9 Å². The van der Waals surface area contributed by atoms with Gasteiger partial charge in [-0.05, 0) is 169 Å². The molecule has 1 radical (unpaired) electrons. The topological polar surface area (TPSA) is 211 Å². The number of aliphatic hydroxyl groups is 1. The Balaban J connectivity index is -0.00000119. The van der Waals surface area contributed by atoms with Crippen LogP contribution in [0.4, 0.5) is 0 Å². The molecule has 20 nitrogen and oxygen atoms in total. The second-order valence-corrected chi connectivity index (χ2v) is 25.9. The van der Waals surface area contributed by atoms with Crippen LogP contribution in [-0.2, 0) is 129 Å². The van der Waals surface area contributed by atoms with Crippen molar-refractivity contribution in [3.63, 3.8) is 0 Å². The molecular weight excluding hydrogens is 2210 g/mol. The van der Waals surface area contributed by atoms with Gasteiger partial charge in [-0.15, -0.1) is 0 Å². The van der Waals surface area contributed by atoms with Gasteiger partial charge in [0.1, 0.15) is 35.6 Å². The third kappa shape index (κ3) is 40.7. The van der Waals surface area contributed by atoms with E-state index < -0.39 is 7.26 Å². The molecule has 0 unspecified atom stereocenters. The van der Waals surface area contributed by atoms with Crippen LogP contribution in [0.2, 0.25) is 0 Å². The Kier molecular flexibility index (Phi) is 66.3. The molecule has 13 rings (SSSR count). The van der Waals surface area contributed by atoms with Crippen molar-refractivity contribution >= 4 is 61.3 Å². The normalized spacial score (nSPS) is 10.8. The van der Waals surface area contributed by atoms with Crippen molar-refractivity contribution in [3.8, 4) is 46.1 Å². The Hall–Kier alpha value is -4.48. The summed E-state index contributed by atoms with van der Waals surface area (Å²) >= 11 is 12.3. The fourth-order valence-electron chi connectivity index (χ4n) is 9.28. The van der Waals surface area contributed by atoms with Gasteiger partial charge in [0.2, 0.25) is 6.33 Å². The summed E-state index contributed by atoms with van der Waals surface area (Å²) < 4.78 is 14.2. The summed E-state index contributed by atoms with van der Waals surface area (Å²) in [6, 6.07) is 44.6. The number of hydrogen-bond acceptors (Lipinski definition) is 13. The number of benzene rings is 3. The third-order valence-corrected chi connectivity index (χ3v) is 19.0. The molecule has 0 amide bonds. The first-order chi connectivity index (χ1) is 49.0. The second kappa shape index (κ2) is 66.5. The minimum Gasteiger partial charge on any atom is -0.441 e. The van der Waals surface area contributed by atoms with Crippen LogP contribution in [-0.4, -0.2) is 114 Å². The van der Waals surface area contributed by atoms with Gasteiger partial charge in [-0.1, -0.05) is 187 Å². The third-order valence-electron chi connectivity index (χ3n) is 13.9. The Bertz CT molecular complexity index is 3430. The summed E-state index contributed by atoms with van der Waals surface area (Å²) in [5, 5.41) is 13.1. The number of nitrogens with zero attached hydrogens (tertiary/aromatic N) is 18. The SMILES string of the molecule is C.C.CCCCBr.CCCCN1C=CN(C)[CH-]1.CCCCn1cc[n+](C)c1.CCO.CN1C=CN(CCC[P+](c2ccccc2)(c2ccccc2)c2ccccc2)[CH-]1.Cn1ccnc1.[Ag].[Au+3].[Br-].[Br][Ag].[Cl][Au].[O]=[Ag].c1cc(-c2ncc[n-]2)nc(-c2ncc[n-]2)c1.c1cc(-c2ncc[n-]2)nc(-c2ncc[n-]2)c1. The maximum Gasteiger partial charge on any atom is 0.0627 e. The standard InChI is InChI=1S/C25H27N2P.2C11H7N5.2C8H15N2.C4H9Br.C4H6N2.C2H6O.2CH4.3Ag.2Au.2BrH.ClH.O/c1-26-19-20-27(22-26)18-11-21-28(23-12-5-2-6-13-23,24-14-7-3-8-15-24)25-16-9-4-10-17-25;2*1-2-8(10-12-4-5-13-10)16-9(3-1)11-14-6-7-15-11;2*1-3-4-5-10-7-6-9(2)8-10;1-2-3-4-5;1-6-3-2-5-4-6;1-2-3;;;;;;;;;;;/h2-10,12-17,19-20,22H,11,18,21H2,1H3;2*1-7H;2*6-8H,3-5H2,1-2H3;2-4H2,1H3;2-4H,1H3;3H,2H2,1H3;2*1H4;;;;;;3*1H;/q;2*-2;-1;+1;;;;;;;;2*+1;+3;;;;/p-3. The number of aliphatic hydroxyl groups excluding tert-OH is 1. The summed E-state index contributed by atoms with van der Waals surface area (Å²) in [4.78, 5) is 54.0. The summed E-state index contributed by atoms with van der Waals surface area (Å²) in [5.74, 6) is 2.48. The average Bonchev–Trinajstić information content (AvgIpc) is 1.75. The predicted molar refractivity (Wildman–Crippen MR) is 414 cm³/mol. The zero-order valence-corrected chi connectivity index (χ0v) is 73.9. The molecule has 0 spiro atoms. The van der Waals surface area contributed by atoms with Crippen LogP contribution in [0.1, 0.15) is 87.5 Å². The monoisotopic (exact) mass is 2300 g/mol. The number of pyridine rings is 2. The molecule has 10 heterocycles. The van der Waals surface area contributed by atoms with Gasteiger partial charge in [-0.3, -0.25) is 0 Å². The molecule has 1 N–H and O–H groups in total. The van der Waals surface area contributed by atoms with Gasteiger partial charge in [0.25, 0.3) is 0 Å². The van der Waals surface area contributed by atoms with Crippen LogP contribution >= 0.6 is 45.4 Å². The number of aryl methyl sites for hydroxylation is 3. The van der Waals surface area contributed by atoms with Gasteiger partial charge in [0.15, 0.2) is 0 Å². The molecule has 592 valence electrons. The summed E-state index contributed by atoms with van der Waals surface area (Å²) in [5.41, 5.74) is 2.92. The Morgan fingerprint density at radius 2 is 0.895 bits per heavy atom. The van der Waals surface area contributed by atoms with E-state index in [1.165, 1.54) is 54.4 Å². The largest absolute Gasteiger partial charge is 0.441 e. The number of imidazole rings is 6. The van der Waals surface area contributed by atoms with Crippen molar-refractivity contribution in [2.75, 3.05) is 45.3 Å². The molecule has 0 atom stereocenters. The number of halogens is 4. The fraction of sp³-hybridized carbons (Fsp3) is 0.307. The minimum absolute atomic E-state index is 0. The summed E-state index contributed by atoms with van der Waals surface area (Å²) in [7, 11) is 11.0. The van der Waals surface area contributed by atoms with E-state index in [0.29, 0.717) is 23.3 Å². The van der Waals surface area contributed by atoms with E-state index in [2.05, 4.69) is 316 Å². The van der Waals surface area contributed by atoms with Crippen molar-refractivity contribution in [2.24, 2.45) is 14.1 Å². The number of rotatable bonds is 19. The van der Waals surface area contributed by atoms with E-state index in [4.69, 9.17) is 8.36 Å². The minimum atomic E-state index is -1.70. The molecule has 3 aromatic carbocycles. The number of aromatic nitrogens is 14. The molecule has 2 aliphatic rings. The maximum absolute atomic E-state index is 8.06. The van der Waals surface area contributed by atoms with E-state index in [1.807, 2.05) is 68.3 Å². The first-order valence-corrected chi connectivity index (χ1v) is 42.0. The molecule has 11 aromatic rings. The molecule has 0 fully saturated rings. The van der Waals surface area contributed by atoms with Crippen LogP contribution in [0.3, 0.4) is 0 Å². The smallest absolute Gasteiger partial charge is 0.0627 e. The molecule has 2 aliphatic heterocycles. The van der Waals surface area contributed by atoms with Gasteiger partial charge in [0, 0.05) is 53.8 Å². The number of unbranched alkanes of at least 4 members (excludes halogenated alkanes) is 3. The fourth-order valence-corrected chi connectivity index (χ4v) is 14.2. The summed E-state index contributed by atoms with van der Waals surface area (Å²) in [6.45, 7) is 16.1. The van der Waals surface area contributed by atoms with Crippen LogP contribution in [0.15, 0.2) is 239 Å². The maximum atomic E-state index is 8.06. The molecule has 0 bridgehead atoms. The zero-order valence-electron chi connectivity index (χ0n) is 58.7. The summed E-state index contributed by atoms with van der Waals surface area (Å²) in [6.07, 6.45) is 43.2. The van der Waals surface area contributed by atoms with Crippen molar-refractivity contribution in [1.82, 2.24) is 83.6 Å². The predicted octanol–water partition coefficient (Wildman–Crippen LogP) is 11.5. The zero-order chi connectivity index (χ0) is 72.9. The van der Waals surface area contributed by atoms with Crippen LogP contribution < -0.4 is 57.4 Å². The molecule has 0 saturated heterocycles. The Morgan fingerprint density at radius 3 is 1.14 bits per heavy atom. The first kappa shape index (κ1) is 105.